The number of hydrogen-bond donors (Lipinski definition) is 0. The number of amides is 1. The Kier molecular flexibility index (Phi) is 3.73. The van der Waals surface area contributed by atoms with Crippen molar-refractivity contribution in [3.8, 4) is 5.75 Å². The second-order valence-electron chi connectivity index (χ2n) is 6.03. The summed E-state index contributed by atoms with van der Waals surface area (Å²) < 4.78 is 5.28. The summed E-state index contributed by atoms with van der Waals surface area (Å²) in [5.41, 5.74) is 3.60. The molecule has 0 atom stereocenters. The molecule has 0 bridgehead atoms. The number of nitrogens with zero attached hydrogens (tertiary/aromatic N) is 2. The summed E-state index contributed by atoms with van der Waals surface area (Å²) in [5, 5.41) is 3.03. The van der Waals surface area contributed by atoms with Gasteiger partial charge in [0, 0.05) is 23.4 Å². The predicted octanol–water partition coefficient (Wildman–Crippen LogP) is 3.81. The first-order chi connectivity index (χ1) is 11.7. The molecule has 122 valence electrons. The van der Waals surface area contributed by atoms with E-state index in [4.69, 9.17) is 4.74 Å². The molecule has 1 aromatic carbocycles. The molecule has 3 aromatic rings. The van der Waals surface area contributed by atoms with Crippen molar-refractivity contribution in [2.24, 2.45) is 0 Å². The van der Waals surface area contributed by atoms with Gasteiger partial charge in [-0.25, -0.2) is 0 Å². The van der Waals surface area contributed by atoms with Gasteiger partial charge in [0.2, 0.25) is 0 Å². The highest BCUT2D eigenvalue weighted by Gasteiger charge is 2.24. The van der Waals surface area contributed by atoms with Crippen molar-refractivity contribution in [3.63, 3.8) is 0 Å². The average Bonchev–Trinajstić information content (AvgIpc) is 3.07. The van der Waals surface area contributed by atoms with Crippen molar-refractivity contribution in [1.82, 2.24) is 9.88 Å². The molecule has 1 aliphatic rings. The summed E-state index contributed by atoms with van der Waals surface area (Å²) in [6.07, 6.45) is 0.937. The van der Waals surface area contributed by atoms with E-state index in [0.29, 0.717) is 12.1 Å². The van der Waals surface area contributed by atoms with Crippen molar-refractivity contribution in [3.05, 3.63) is 57.4 Å². The molecule has 0 unspecified atom stereocenters. The lowest BCUT2D eigenvalue weighted by Crippen LogP contribution is -2.35. The van der Waals surface area contributed by atoms with Crippen LogP contribution in [-0.4, -0.2) is 29.4 Å². The number of carbonyl (C=O) groups is 1. The second-order valence-corrected chi connectivity index (χ2v) is 7.03. The smallest absolute Gasteiger partial charge is 0.256 e. The van der Waals surface area contributed by atoms with Crippen LogP contribution in [0.15, 0.2) is 35.7 Å². The van der Waals surface area contributed by atoms with Crippen LogP contribution in [0.4, 0.5) is 0 Å². The molecular formula is C19H18N2O2S. The highest BCUT2D eigenvalue weighted by molar-refractivity contribution is 7.10. The minimum Gasteiger partial charge on any atom is -0.497 e. The number of hydrogen-bond acceptors (Lipinski definition) is 4. The predicted molar refractivity (Wildman–Crippen MR) is 95.8 cm³/mol. The van der Waals surface area contributed by atoms with Gasteiger partial charge in [-0.2, -0.15) is 0 Å². The summed E-state index contributed by atoms with van der Waals surface area (Å²) in [6, 6.07) is 9.79. The Hall–Kier alpha value is -2.40. The molecule has 1 aliphatic heterocycles. The Morgan fingerprint density at radius 1 is 1.29 bits per heavy atom. The van der Waals surface area contributed by atoms with Gasteiger partial charge >= 0.3 is 0 Å². The number of benzene rings is 1. The molecule has 4 nitrogen and oxygen atoms in total. The molecule has 2 aromatic heterocycles. The Morgan fingerprint density at radius 2 is 2.17 bits per heavy atom. The van der Waals surface area contributed by atoms with Gasteiger partial charge in [0.25, 0.3) is 5.91 Å². The number of thiophene rings is 1. The average molecular weight is 338 g/mol. The molecular weight excluding hydrogens is 320 g/mol. The molecule has 0 saturated heterocycles. The summed E-state index contributed by atoms with van der Waals surface area (Å²) in [7, 11) is 1.64. The van der Waals surface area contributed by atoms with Gasteiger partial charge in [0.05, 0.1) is 23.9 Å². The van der Waals surface area contributed by atoms with E-state index in [2.05, 4.69) is 16.4 Å². The zero-order valence-corrected chi connectivity index (χ0v) is 14.5. The molecule has 0 spiro atoms. The number of methoxy groups -OCH3 is 1. The number of pyridine rings is 1. The van der Waals surface area contributed by atoms with Crippen molar-refractivity contribution in [2.45, 2.75) is 19.9 Å². The fraction of sp³-hybridized carbons (Fsp3) is 0.263. The fourth-order valence-electron chi connectivity index (χ4n) is 3.19. The number of aryl methyl sites for hydroxylation is 1. The quantitative estimate of drug-likeness (QED) is 0.713. The fourth-order valence-corrected chi connectivity index (χ4v) is 4.08. The minimum atomic E-state index is 0.0570. The van der Waals surface area contributed by atoms with E-state index in [-0.39, 0.29) is 5.91 Å². The number of ether oxygens (including phenoxy) is 1. The zero-order valence-electron chi connectivity index (χ0n) is 13.7. The zero-order chi connectivity index (χ0) is 16.7. The maximum absolute atomic E-state index is 13.0. The molecule has 24 heavy (non-hydrogen) atoms. The normalized spacial score (nSPS) is 13.8. The maximum atomic E-state index is 13.0. The molecule has 1 amide bonds. The van der Waals surface area contributed by atoms with E-state index in [1.807, 2.05) is 36.1 Å². The van der Waals surface area contributed by atoms with E-state index in [0.717, 1.165) is 35.3 Å². The maximum Gasteiger partial charge on any atom is 0.256 e. The van der Waals surface area contributed by atoms with Crippen LogP contribution in [0.2, 0.25) is 0 Å². The lowest BCUT2D eigenvalue weighted by molar-refractivity contribution is 0.0735. The first-order valence-corrected chi connectivity index (χ1v) is 8.83. The second kappa shape index (κ2) is 5.91. The highest BCUT2D eigenvalue weighted by atomic mass is 32.1. The van der Waals surface area contributed by atoms with E-state index in [1.165, 1.54) is 10.4 Å². The van der Waals surface area contributed by atoms with Crippen LogP contribution in [0.25, 0.3) is 10.9 Å². The highest BCUT2D eigenvalue weighted by Crippen LogP contribution is 2.27. The Balaban J connectivity index is 1.70. The van der Waals surface area contributed by atoms with Crippen LogP contribution in [0.3, 0.4) is 0 Å². The first-order valence-electron chi connectivity index (χ1n) is 7.95. The molecule has 4 rings (SSSR count). The van der Waals surface area contributed by atoms with E-state index in [1.54, 1.807) is 18.4 Å². The molecule has 0 fully saturated rings. The van der Waals surface area contributed by atoms with Gasteiger partial charge in [0.15, 0.2) is 0 Å². The minimum absolute atomic E-state index is 0.0570. The Morgan fingerprint density at radius 3 is 3.00 bits per heavy atom. The SMILES string of the molecule is COc1ccc2nc(C)c(C(=O)N3CCc4sccc4C3)cc2c1. The van der Waals surface area contributed by atoms with Gasteiger partial charge in [0.1, 0.15) is 5.75 Å². The van der Waals surface area contributed by atoms with Crippen LogP contribution in [0.1, 0.15) is 26.5 Å². The van der Waals surface area contributed by atoms with Crippen molar-refractivity contribution >= 4 is 28.1 Å². The molecule has 3 heterocycles. The third kappa shape index (κ3) is 2.55. The van der Waals surface area contributed by atoms with Crippen molar-refractivity contribution in [1.29, 1.82) is 0 Å². The van der Waals surface area contributed by atoms with E-state index in [9.17, 15) is 4.79 Å². The van der Waals surface area contributed by atoms with Gasteiger partial charge < -0.3 is 9.64 Å². The molecule has 0 N–H and O–H groups in total. The lowest BCUT2D eigenvalue weighted by atomic mass is 10.1. The number of carbonyl (C=O) groups excluding carboxylic acids is 1. The Labute approximate surface area is 144 Å². The first kappa shape index (κ1) is 15.1. The third-order valence-corrected chi connectivity index (χ3v) is 5.56. The molecule has 0 saturated carbocycles. The summed E-state index contributed by atoms with van der Waals surface area (Å²) in [4.78, 5) is 20.9. The largest absolute Gasteiger partial charge is 0.497 e. The number of fused-ring (bicyclic) bond motifs is 2. The number of rotatable bonds is 2. The van der Waals surface area contributed by atoms with E-state index < -0.39 is 0 Å². The summed E-state index contributed by atoms with van der Waals surface area (Å²) >= 11 is 1.78. The van der Waals surface area contributed by atoms with Gasteiger partial charge in [-0.1, -0.05) is 0 Å². The van der Waals surface area contributed by atoms with Crippen molar-refractivity contribution < 1.29 is 9.53 Å². The summed E-state index contributed by atoms with van der Waals surface area (Å²) in [6.45, 7) is 3.35. The van der Waals surface area contributed by atoms with Gasteiger partial charge in [-0.15, -0.1) is 11.3 Å². The van der Waals surface area contributed by atoms with Crippen LogP contribution < -0.4 is 4.74 Å². The molecule has 0 radical (unpaired) electrons. The van der Waals surface area contributed by atoms with Gasteiger partial charge in [-0.3, -0.25) is 9.78 Å². The Bertz CT molecular complexity index is 932. The standard InChI is InChI=1S/C19H18N2O2S/c1-12-16(10-14-9-15(23-2)3-4-17(14)20-12)19(22)21-7-5-18-13(11-21)6-8-24-18/h3-4,6,8-10H,5,7,11H2,1-2H3. The van der Waals surface area contributed by atoms with Crippen LogP contribution >= 0.6 is 11.3 Å². The lowest BCUT2D eigenvalue weighted by Gasteiger charge is -2.27. The molecule has 0 aliphatic carbocycles. The van der Waals surface area contributed by atoms with Gasteiger partial charge in [-0.05, 0) is 54.6 Å². The third-order valence-electron chi connectivity index (χ3n) is 4.54. The van der Waals surface area contributed by atoms with E-state index >= 15 is 0 Å². The number of aromatic nitrogens is 1. The van der Waals surface area contributed by atoms with Crippen LogP contribution in [0, 0.1) is 6.92 Å². The van der Waals surface area contributed by atoms with Crippen LogP contribution in [-0.2, 0) is 13.0 Å². The summed E-state index contributed by atoms with van der Waals surface area (Å²) in [5.74, 6) is 0.828. The van der Waals surface area contributed by atoms with Crippen molar-refractivity contribution in [2.75, 3.05) is 13.7 Å². The van der Waals surface area contributed by atoms with Crippen LogP contribution in [0.5, 0.6) is 5.75 Å². The monoisotopic (exact) mass is 338 g/mol. The topological polar surface area (TPSA) is 42.4 Å². The molecule has 5 heteroatoms.